The molecule has 0 saturated carbocycles. The number of nitrogen functional groups attached to an aromatic ring is 1. The lowest BCUT2D eigenvalue weighted by Crippen LogP contribution is -2.17. The maximum absolute atomic E-state index is 11.9. The van der Waals surface area contributed by atoms with Crippen molar-refractivity contribution < 1.29 is 57.6 Å². The Bertz CT molecular complexity index is 4310. The highest BCUT2D eigenvalue weighted by Gasteiger charge is 2.18. The quantitative estimate of drug-likeness (QED) is 0.0320. The molecule has 0 aliphatic heterocycles. The Balaban J connectivity index is 0.000000265. The van der Waals surface area contributed by atoms with Gasteiger partial charge in [0.2, 0.25) is 0 Å². The molecule has 0 radical (unpaired) electrons. The molecule has 0 saturated heterocycles. The van der Waals surface area contributed by atoms with E-state index >= 15 is 0 Å². The van der Waals surface area contributed by atoms with Crippen LogP contribution < -0.4 is 30.5 Å². The second-order valence-corrected chi connectivity index (χ2v) is 26.2. The van der Waals surface area contributed by atoms with E-state index in [1.807, 2.05) is 164 Å². The van der Waals surface area contributed by atoms with Gasteiger partial charge in [-0.3, -0.25) is 5.32 Å². The zero-order chi connectivity index (χ0) is 76.4. The number of hydrogen-bond donors (Lipinski definition) is 3. The summed E-state index contributed by atoms with van der Waals surface area (Å²) in [6.45, 7) is 11.3. The third-order valence-corrected chi connectivity index (χ3v) is 18.3. The number of carboxylic acid groups (broad SMARTS) is 1. The summed E-state index contributed by atoms with van der Waals surface area (Å²) in [6, 6.07) is 48.5. The van der Waals surface area contributed by atoms with Crippen molar-refractivity contribution >= 4 is 168 Å². The first kappa shape index (κ1) is 85.4. The van der Waals surface area contributed by atoms with Gasteiger partial charge in [-0.25, -0.2) is 33.8 Å². The van der Waals surface area contributed by atoms with E-state index in [4.69, 9.17) is 94.9 Å². The molecule has 9 aromatic rings. The standard InChI is InChI=1S/C22H18ClNO2.C16H17ClN2O2.C11H14ClNO2.C10H12ClNO2.C9H8ClIO2.C9H10ClNO2/c1-15-19(23)13-18(22(25)26-2)14-20(15)24-21(16-9-5-3-6-10-16)17-11-7-4-8-12-17;1-11-14(17)9-12(10-15(11)19(2)3)18-16(20)21-13-7-5-4-6-8-13;1-7-9(12)5-8(11(14)15-4)6-10(7)13(2)3;1-6-8(11)4-7(10(13)14)5-9(6)12(2)3;2*1-5-7(10)3-6(4-8(5)11)9(12)13-2/h3-14H,1-2H3;4-10H,1-3H3,(H,18,20);5-6H,1-4H3;4-5H,1-3H3,(H,13,14);3-4H,1-2H3;3-4H,11H2,1-2H3. The van der Waals surface area contributed by atoms with E-state index in [0.717, 1.165) is 70.9 Å². The highest BCUT2D eigenvalue weighted by atomic mass is 127. The summed E-state index contributed by atoms with van der Waals surface area (Å²) < 4.78 is 24.7. The number of amides is 1. The molecule has 0 aliphatic rings. The van der Waals surface area contributed by atoms with Gasteiger partial charge in [-0.05, 0) is 182 Å². The molecule has 0 aliphatic carbocycles. The first-order chi connectivity index (χ1) is 48.1. The number of anilines is 5. The molecule has 0 bridgehead atoms. The number of carbonyl (C=O) groups is 6. The summed E-state index contributed by atoms with van der Waals surface area (Å²) in [4.78, 5) is 78.7. The van der Waals surface area contributed by atoms with E-state index < -0.39 is 24.0 Å². The minimum absolute atomic E-state index is 0.212. The molecule has 0 spiro atoms. The third kappa shape index (κ3) is 25.2. The number of nitrogens with zero attached hydrogens (tertiary/aromatic N) is 4. The van der Waals surface area contributed by atoms with Crippen molar-refractivity contribution in [2.24, 2.45) is 4.99 Å². The summed E-state index contributed by atoms with van der Waals surface area (Å²) in [7, 11) is 16.7. The van der Waals surface area contributed by atoms with E-state index in [-0.39, 0.29) is 17.5 Å². The van der Waals surface area contributed by atoms with Crippen molar-refractivity contribution in [3.05, 3.63) is 270 Å². The second-order valence-electron chi connectivity index (χ2n) is 22.6. The van der Waals surface area contributed by atoms with Crippen molar-refractivity contribution in [2.75, 3.05) is 96.5 Å². The minimum atomic E-state index is -0.963. The summed E-state index contributed by atoms with van der Waals surface area (Å²) in [5, 5.41) is 14.7. The van der Waals surface area contributed by atoms with Crippen LogP contribution in [0.2, 0.25) is 30.1 Å². The van der Waals surface area contributed by atoms with Gasteiger partial charge in [-0.15, -0.1) is 0 Å². The number of ether oxygens (including phenoxy) is 5. The Hall–Kier alpha value is -9.06. The summed E-state index contributed by atoms with van der Waals surface area (Å²) in [5.74, 6) is -2.09. The first-order valence-electron chi connectivity index (χ1n) is 30.6. The maximum atomic E-state index is 11.9. The Morgan fingerprint density at radius 1 is 0.412 bits per heavy atom. The summed E-state index contributed by atoms with van der Waals surface area (Å²) >= 11 is 38.3. The molecule has 9 aromatic carbocycles. The lowest BCUT2D eigenvalue weighted by atomic mass is 10.0. The monoisotopic (exact) mass is 1620 g/mol. The Kier molecular flexibility index (Phi) is 34.4. The molecule has 0 heterocycles. The SMILES string of the molecule is COC(=O)c1cc(Cl)c(C)c(I)c1.COC(=O)c1cc(Cl)c(C)c(N(C)C)c1.COC(=O)c1cc(Cl)c(C)c(N=C(c2ccccc2)c2ccccc2)c1.COC(=O)c1cc(N)c(C)c(Cl)c1.Cc1c(Cl)cc(C(=O)O)cc1N(C)C.Cc1c(Cl)cc(NC(=O)Oc2ccccc2)cc1N(C)C. The third-order valence-electron chi connectivity index (χ3n) is 14.8. The fraction of sp³-hybridized carbons (Fsp3) is 0.208. The minimum Gasteiger partial charge on any atom is -0.478 e. The molecule has 0 unspecified atom stereocenters. The van der Waals surface area contributed by atoms with Crippen LogP contribution in [0.25, 0.3) is 0 Å². The van der Waals surface area contributed by atoms with Gasteiger partial charge in [-0.1, -0.05) is 148 Å². The lowest BCUT2D eigenvalue weighted by molar-refractivity contribution is 0.0592. The van der Waals surface area contributed by atoms with Crippen LogP contribution in [0.4, 0.5) is 38.9 Å². The van der Waals surface area contributed by atoms with Gasteiger partial charge in [0.15, 0.2) is 0 Å². The normalized spacial score (nSPS) is 10.0. The second kappa shape index (κ2) is 41.1. The number of hydrogen-bond acceptors (Lipinski definition) is 16. The smallest absolute Gasteiger partial charge is 0.417 e. The molecule has 1 amide bonds. The number of nitrogens with two attached hydrogens (primary N) is 1. The predicted octanol–water partition coefficient (Wildman–Crippen LogP) is 19.9. The van der Waals surface area contributed by atoms with Gasteiger partial charge < -0.3 is 49.2 Å². The van der Waals surface area contributed by atoms with Gasteiger partial charge in [0.1, 0.15) is 5.75 Å². The van der Waals surface area contributed by atoms with Crippen LogP contribution in [-0.4, -0.2) is 117 Å². The summed E-state index contributed by atoms with van der Waals surface area (Å²) in [6.07, 6.45) is -0.550. The maximum Gasteiger partial charge on any atom is 0.417 e. The van der Waals surface area contributed by atoms with Gasteiger partial charge in [0.25, 0.3) is 0 Å². The average molecular weight is 1620 g/mol. The van der Waals surface area contributed by atoms with Crippen LogP contribution in [0.5, 0.6) is 5.75 Å². The molecular weight excluding hydrogens is 1540 g/mol. The number of benzene rings is 9. The molecule has 9 rings (SSSR count). The number of methoxy groups -OCH3 is 4. The van der Waals surface area contributed by atoms with E-state index in [1.165, 1.54) is 34.5 Å². The fourth-order valence-corrected chi connectivity index (χ4v) is 11.1. The van der Waals surface area contributed by atoms with Crippen molar-refractivity contribution in [3.8, 4) is 5.75 Å². The summed E-state index contributed by atoms with van der Waals surface area (Å²) in [5.41, 5.74) is 20.1. The fourth-order valence-electron chi connectivity index (χ4n) is 9.00. The van der Waals surface area contributed by atoms with Crippen LogP contribution in [0, 0.1) is 45.1 Å². The number of nitrogens with one attached hydrogen (secondary N) is 1. The zero-order valence-corrected chi connectivity index (χ0v) is 65.7. The van der Waals surface area contributed by atoms with Crippen molar-refractivity contribution in [1.82, 2.24) is 0 Å². The van der Waals surface area contributed by atoms with E-state index in [0.29, 0.717) is 75.2 Å². The van der Waals surface area contributed by atoms with Crippen LogP contribution >= 0.6 is 92.2 Å². The largest absolute Gasteiger partial charge is 0.478 e. The highest BCUT2D eigenvalue weighted by molar-refractivity contribution is 14.1. The Morgan fingerprint density at radius 3 is 1.14 bits per heavy atom. The number of aliphatic imine (C=N–C) groups is 1. The van der Waals surface area contributed by atoms with Crippen molar-refractivity contribution in [2.45, 2.75) is 41.5 Å². The Labute approximate surface area is 639 Å². The number of aromatic carboxylic acids is 1. The van der Waals surface area contributed by atoms with Crippen LogP contribution in [0.15, 0.2) is 169 Å². The topological polar surface area (TPSA) is 229 Å². The zero-order valence-electron chi connectivity index (χ0n) is 59.0. The average Bonchev–Trinajstić information content (AvgIpc) is 0.850. The van der Waals surface area contributed by atoms with E-state index in [2.05, 4.69) is 42.1 Å². The number of carbonyl (C=O) groups excluding carboxylic acids is 5. The van der Waals surface area contributed by atoms with Gasteiger partial charge in [0.05, 0.1) is 67.7 Å². The number of rotatable bonds is 13. The first-order valence-corrected chi connectivity index (χ1v) is 34.0. The lowest BCUT2D eigenvalue weighted by Gasteiger charge is -2.18. The van der Waals surface area contributed by atoms with E-state index in [9.17, 15) is 28.8 Å². The van der Waals surface area contributed by atoms with Gasteiger partial charge in [0, 0.05) is 116 Å². The molecule has 102 heavy (non-hydrogen) atoms. The molecule has 0 aromatic heterocycles. The van der Waals surface area contributed by atoms with Gasteiger partial charge in [-0.2, -0.15) is 0 Å². The number of esters is 4. The van der Waals surface area contributed by atoms with Gasteiger partial charge >= 0.3 is 35.9 Å². The number of para-hydroxylation sites is 1. The van der Waals surface area contributed by atoms with Crippen LogP contribution in [0.3, 0.4) is 0 Å². The molecular formula is C77H79Cl6IN6O12. The van der Waals surface area contributed by atoms with Crippen LogP contribution in [-0.2, 0) is 18.9 Å². The molecule has 18 nitrogen and oxygen atoms in total. The van der Waals surface area contributed by atoms with Crippen molar-refractivity contribution in [1.29, 1.82) is 0 Å². The van der Waals surface area contributed by atoms with E-state index in [1.54, 1.807) is 91.9 Å². The highest BCUT2D eigenvalue weighted by Crippen LogP contribution is 2.34. The number of carboxylic acids is 1. The predicted molar refractivity (Wildman–Crippen MR) is 424 cm³/mol. The number of halogens is 7. The molecule has 25 heteroatoms. The van der Waals surface area contributed by atoms with Crippen LogP contribution in [0.1, 0.15) is 96.3 Å². The molecule has 0 atom stereocenters. The molecule has 538 valence electrons. The Morgan fingerprint density at radius 2 is 0.745 bits per heavy atom. The molecule has 4 N–H and O–H groups in total. The molecule has 0 fully saturated rings. The van der Waals surface area contributed by atoms with Crippen molar-refractivity contribution in [3.63, 3.8) is 0 Å².